The predicted molar refractivity (Wildman–Crippen MR) is 293 cm³/mol. The van der Waals surface area contributed by atoms with Gasteiger partial charge in [-0.25, -0.2) is 0 Å². The number of aliphatic hydroxyl groups excluding tert-OH is 7. The van der Waals surface area contributed by atoms with Crippen molar-refractivity contribution in [3.05, 3.63) is 24.3 Å². The smallest absolute Gasteiger partial charge is 0.249 e. The zero-order valence-corrected chi connectivity index (χ0v) is 46.0. The van der Waals surface area contributed by atoms with E-state index in [2.05, 4.69) is 43.5 Å². The molecule has 1 aliphatic rings. The highest BCUT2D eigenvalue weighted by molar-refractivity contribution is 5.80. The van der Waals surface area contributed by atoms with Gasteiger partial charge in [-0.15, -0.1) is 0 Å². The minimum absolute atomic E-state index is 0.243. The number of unbranched alkanes of at least 4 members (excludes halogenated alkanes) is 37. The van der Waals surface area contributed by atoms with Gasteiger partial charge >= 0.3 is 0 Å². The number of ether oxygens (including phenoxy) is 2. The largest absolute Gasteiger partial charge is 0.394 e. The van der Waals surface area contributed by atoms with E-state index in [-0.39, 0.29) is 6.42 Å². The van der Waals surface area contributed by atoms with E-state index in [0.29, 0.717) is 19.3 Å². The van der Waals surface area contributed by atoms with Gasteiger partial charge in [0.2, 0.25) is 5.91 Å². The van der Waals surface area contributed by atoms with Gasteiger partial charge in [0.25, 0.3) is 0 Å². The molecule has 1 fully saturated rings. The number of hydrogen-bond acceptors (Lipinski definition) is 10. The van der Waals surface area contributed by atoms with Gasteiger partial charge in [0.1, 0.15) is 36.6 Å². The first-order valence-electron chi connectivity index (χ1n) is 30.3. The van der Waals surface area contributed by atoms with E-state index >= 15 is 0 Å². The average Bonchev–Trinajstić information content (AvgIpc) is 3.37. The Morgan fingerprint density at radius 2 is 0.845 bits per heavy atom. The van der Waals surface area contributed by atoms with Crippen LogP contribution in [0.5, 0.6) is 0 Å². The molecule has 1 aliphatic heterocycles. The Morgan fingerprint density at radius 3 is 1.25 bits per heavy atom. The van der Waals surface area contributed by atoms with E-state index in [0.717, 1.165) is 57.8 Å². The first-order chi connectivity index (χ1) is 34.7. The molecule has 0 aromatic heterocycles. The molecule has 0 saturated carbocycles. The zero-order chi connectivity index (χ0) is 51.8. The van der Waals surface area contributed by atoms with Crippen molar-refractivity contribution < 1.29 is 50.0 Å². The van der Waals surface area contributed by atoms with Crippen LogP contribution in [0.4, 0.5) is 0 Å². The van der Waals surface area contributed by atoms with Gasteiger partial charge < -0.3 is 50.5 Å². The number of aliphatic hydroxyl groups is 7. The maximum Gasteiger partial charge on any atom is 0.249 e. The molecule has 0 spiro atoms. The van der Waals surface area contributed by atoms with Crippen LogP contribution in [0.15, 0.2) is 24.3 Å². The summed E-state index contributed by atoms with van der Waals surface area (Å²) >= 11 is 0. The van der Waals surface area contributed by atoms with E-state index in [4.69, 9.17) is 9.47 Å². The lowest BCUT2D eigenvalue weighted by atomic mass is 9.98. The fraction of sp³-hybridized carbons (Fsp3) is 0.917. The summed E-state index contributed by atoms with van der Waals surface area (Å²) in [5, 5.41) is 76.1. The third-order valence-electron chi connectivity index (χ3n) is 14.8. The van der Waals surface area contributed by atoms with Gasteiger partial charge in [-0.1, -0.05) is 269 Å². The Hall–Kier alpha value is -1.41. The molecule has 11 nitrogen and oxygen atoms in total. The SMILES string of the molecule is CCCCC/C=C\C=C/CCCCCCCC(O)C(=O)NC(COC1OC(CO)C(O)C(O)C1O)C(O)C(O)CCCCCCCCCCCCCCCCCCCCCCCCCCCCCCCC. The molecule has 8 N–H and O–H groups in total. The maximum atomic E-state index is 13.1. The predicted octanol–water partition coefficient (Wildman–Crippen LogP) is 12.9. The van der Waals surface area contributed by atoms with Gasteiger partial charge in [0.05, 0.1) is 25.4 Å². The third-order valence-corrected chi connectivity index (χ3v) is 14.8. The Kier molecular flexibility index (Phi) is 47.1. The van der Waals surface area contributed by atoms with Crippen molar-refractivity contribution >= 4 is 5.91 Å². The lowest BCUT2D eigenvalue weighted by molar-refractivity contribution is -0.303. The minimum Gasteiger partial charge on any atom is -0.394 e. The molecular weight excluding hydrogens is 895 g/mol. The molecule has 1 rings (SSSR count). The Bertz CT molecular complexity index is 1200. The van der Waals surface area contributed by atoms with Crippen LogP contribution in [-0.4, -0.2) is 110 Å². The van der Waals surface area contributed by atoms with Crippen LogP contribution in [0.25, 0.3) is 0 Å². The van der Waals surface area contributed by atoms with Crippen LogP contribution in [0, 0.1) is 0 Å². The third kappa shape index (κ3) is 37.9. The number of amides is 1. The van der Waals surface area contributed by atoms with Crippen LogP contribution >= 0.6 is 0 Å². The summed E-state index contributed by atoms with van der Waals surface area (Å²) in [6, 6.07) is -1.17. The Balaban J connectivity index is 2.22. The minimum atomic E-state index is -1.66. The second-order valence-corrected chi connectivity index (χ2v) is 21.5. The van der Waals surface area contributed by atoms with E-state index in [1.54, 1.807) is 0 Å². The van der Waals surface area contributed by atoms with Crippen LogP contribution < -0.4 is 5.32 Å². The molecule has 1 saturated heterocycles. The van der Waals surface area contributed by atoms with Gasteiger partial charge in [-0.3, -0.25) is 4.79 Å². The van der Waals surface area contributed by atoms with Crippen LogP contribution in [0.1, 0.15) is 284 Å². The lowest BCUT2D eigenvalue weighted by Gasteiger charge is -2.40. The van der Waals surface area contributed by atoms with Gasteiger partial charge in [-0.05, 0) is 38.5 Å². The van der Waals surface area contributed by atoms with Gasteiger partial charge in [0, 0.05) is 0 Å². The van der Waals surface area contributed by atoms with Gasteiger partial charge in [-0.2, -0.15) is 0 Å². The quantitative estimate of drug-likeness (QED) is 0.0215. The number of nitrogens with one attached hydrogen (secondary N) is 1. The summed E-state index contributed by atoms with van der Waals surface area (Å²) in [6.45, 7) is 3.44. The Morgan fingerprint density at radius 1 is 0.493 bits per heavy atom. The molecule has 0 aromatic rings. The number of allylic oxidation sites excluding steroid dienone is 4. The summed E-state index contributed by atoms with van der Waals surface area (Å²) in [6.07, 6.45) is 48.2. The second kappa shape index (κ2) is 49.5. The fourth-order valence-electron chi connectivity index (χ4n) is 9.85. The van der Waals surface area contributed by atoms with Crippen LogP contribution in [-0.2, 0) is 14.3 Å². The number of carbonyl (C=O) groups is 1. The first-order valence-corrected chi connectivity index (χ1v) is 30.3. The van der Waals surface area contributed by atoms with E-state index in [9.17, 15) is 40.5 Å². The topological polar surface area (TPSA) is 189 Å². The number of hydrogen-bond donors (Lipinski definition) is 8. The summed E-state index contributed by atoms with van der Waals surface area (Å²) in [4.78, 5) is 13.1. The summed E-state index contributed by atoms with van der Waals surface area (Å²) < 4.78 is 11.1. The normalized spacial score (nSPS) is 20.3. The summed E-state index contributed by atoms with van der Waals surface area (Å²) in [5.41, 5.74) is 0. The molecule has 0 aromatic carbocycles. The standard InChI is InChI=1S/C60H115NO10/c1-3-5-7-9-11-13-15-17-19-20-21-22-23-24-25-26-27-28-29-30-31-32-33-34-36-37-39-41-43-45-47-52(63)55(65)51(50-70-60-58(68)57(67)56(66)54(49-62)71-60)61-59(69)53(64)48-46-44-42-40-38-35-18-16-14-12-10-8-6-4-2/h12,14,16,18,51-58,60,62-68H,3-11,13,15,17,19-50H2,1-2H3,(H,61,69)/b14-12-,18-16-. The molecule has 0 aliphatic carbocycles. The molecule has 420 valence electrons. The zero-order valence-electron chi connectivity index (χ0n) is 46.0. The summed E-state index contributed by atoms with van der Waals surface area (Å²) in [5.74, 6) is -0.706. The van der Waals surface area contributed by atoms with Crippen molar-refractivity contribution in [2.45, 2.75) is 339 Å². The molecule has 71 heavy (non-hydrogen) atoms. The van der Waals surface area contributed by atoms with Crippen LogP contribution in [0.3, 0.4) is 0 Å². The number of carbonyl (C=O) groups excluding carboxylic acids is 1. The molecule has 9 atom stereocenters. The van der Waals surface area contributed by atoms with Crippen molar-refractivity contribution in [1.82, 2.24) is 5.32 Å². The maximum absolute atomic E-state index is 13.1. The van der Waals surface area contributed by atoms with Crippen molar-refractivity contribution in [1.29, 1.82) is 0 Å². The van der Waals surface area contributed by atoms with Crippen molar-refractivity contribution in [3.63, 3.8) is 0 Å². The van der Waals surface area contributed by atoms with Gasteiger partial charge in [0.15, 0.2) is 6.29 Å². The van der Waals surface area contributed by atoms with E-state index in [1.165, 1.54) is 186 Å². The van der Waals surface area contributed by atoms with E-state index < -0.39 is 74.2 Å². The first kappa shape index (κ1) is 67.6. The molecule has 1 amide bonds. The summed E-state index contributed by atoms with van der Waals surface area (Å²) in [7, 11) is 0. The van der Waals surface area contributed by atoms with E-state index in [1.807, 2.05) is 0 Å². The van der Waals surface area contributed by atoms with Crippen LogP contribution in [0.2, 0.25) is 0 Å². The van der Waals surface area contributed by atoms with Crippen molar-refractivity contribution in [2.75, 3.05) is 13.2 Å². The molecule has 9 unspecified atom stereocenters. The molecule has 1 heterocycles. The number of rotatable bonds is 52. The highest BCUT2D eigenvalue weighted by atomic mass is 16.7. The van der Waals surface area contributed by atoms with Crippen molar-refractivity contribution in [3.8, 4) is 0 Å². The molecular formula is C60H115NO10. The lowest BCUT2D eigenvalue weighted by Crippen LogP contribution is -2.60. The van der Waals surface area contributed by atoms with Crippen molar-refractivity contribution in [2.24, 2.45) is 0 Å². The average molecular weight is 1010 g/mol. The molecule has 0 radical (unpaired) electrons. The molecule has 0 bridgehead atoms. The second-order valence-electron chi connectivity index (χ2n) is 21.5. The monoisotopic (exact) mass is 1010 g/mol. The Labute approximate surface area is 435 Å². The molecule has 11 heteroatoms. The highest BCUT2D eigenvalue weighted by Crippen LogP contribution is 2.24. The fourth-order valence-corrected chi connectivity index (χ4v) is 9.85. The highest BCUT2D eigenvalue weighted by Gasteiger charge is 2.44.